The van der Waals surface area contributed by atoms with Gasteiger partial charge >= 0.3 is 0 Å². The van der Waals surface area contributed by atoms with Crippen molar-refractivity contribution in [2.75, 3.05) is 11.5 Å². The number of hydrogen-bond donors (Lipinski definition) is 2. The normalized spacial score (nSPS) is 11.1. The lowest BCUT2D eigenvalue weighted by molar-refractivity contribution is 1.46. The third-order valence-electron chi connectivity index (χ3n) is 4.47. The number of nitrogens with two attached hydrogens (primary N) is 2. The minimum atomic E-state index is 0.555. The SMILES string of the molecule is Cc1ccc(-c2c(N)c(N)c(-c3ccc(C)cc3)c3nsnc23)cc1. The maximum atomic E-state index is 6.46. The molecule has 0 radical (unpaired) electrons. The van der Waals surface area contributed by atoms with Gasteiger partial charge in [-0.05, 0) is 25.0 Å². The van der Waals surface area contributed by atoms with Crippen molar-refractivity contribution in [1.82, 2.24) is 8.75 Å². The van der Waals surface area contributed by atoms with Crippen LogP contribution in [0.15, 0.2) is 48.5 Å². The molecule has 5 heteroatoms. The number of anilines is 2. The molecule has 0 atom stereocenters. The van der Waals surface area contributed by atoms with Gasteiger partial charge in [0.2, 0.25) is 0 Å². The molecule has 1 aromatic heterocycles. The fourth-order valence-corrected chi connectivity index (χ4v) is 3.63. The van der Waals surface area contributed by atoms with Crippen LogP contribution in [0.1, 0.15) is 11.1 Å². The molecule has 4 N–H and O–H groups in total. The number of aromatic nitrogens is 2. The van der Waals surface area contributed by atoms with Gasteiger partial charge in [-0.25, -0.2) is 0 Å². The predicted octanol–water partition coefficient (Wildman–Crippen LogP) is 4.81. The molecule has 4 rings (SSSR count). The first-order chi connectivity index (χ1) is 12.1. The van der Waals surface area contributed by atoms with E-state index >= 15 is 0 Å². The van der Waals surface area contributed by atoms with E-state index in [4.69, 9.17) is 11.5 Å². The fraction of sp³-hybridized carbons (Fsp3) is 0.100. The molecule has 3 aromatic carbocycles. The molecule has 25 heavy (non-hydrogen) atoms. The van der Waals surface area contributed by atoms with Crippen LogP contribution in [-0.4, -0.2) is 8.75 Å². The van der Waals surface area contributed by atoms with Gasteiger partial charge in [0.15, 0.2) is 0 Å². The van der Waals surface area contributed by atoms with Crippen LogP contribution in [0.2, 0.25) is 0 Å². The van der Waals surface area contributed by atoms with Gasteiger partial charge in [0.25, 0.3) is 0 Å². The van der Waals surface area contributed by atoms with Crippen LogP contribution in [0.25, 0.3) is 33.3 Å². The molecular formula is C20H18N4S. The predicted molar refractivity (Wildman–Crippen MR) is 107 cm³/mol. The van der Waals surface area contributed by atoms with E-state index in [1.165, 1.54) is 22.9 Å². The summed E-state index contributed by atoms with van der Waals surface area (Å²) in [5, 5.41) is 0. The molecule has 4 aromatic rings. The first-order valence-corrected chi connectivity index (χ1v) is 8.76. The van der Waals surface area contributed by atoms with Crippen LogP contribution >= 0.6 is 11.7 Å². The number of rotatable bonds is 2. The summed E-state index contributed by atoms with van der Waals surface area (Å²) in [4.78, 5) is 0. The maximum absolute atomic E-state index is 6.46. The van der Waals surface area contributed by atoms with Gasteiger partial charge in [0.1, 0.15) is 11.0 Å². The quantitative estimate of drug-likeness (QED) is 0.511. The Morgan fingerprint density at radius 3 is 1.36 bits per heavy atom. The lowest BCUT2D eigenvalue weighted by Crippen LogP contribution is -2.02. The molecule has 0 aliphatic carbocycles. The van der Waals surface area contributed by atoms with Gasteiger partial charge in [0, 0.05) is 11.1 Å². The Balaban J connectivity index is 2.04. The zero-order valence-electron chi connectivity index (χ0n) is 14.1. The Bertz CT molecular complexity index is 978. The Morgan fingerprint density at radius 2 is 1.00 bits per heavy atom. The summed E-state index contributed by atoms with van der Waals surface area (Å²) < 4.78 is 9.04. The molecule has 4 nitrogen and oxygen atoms in total. The summed E-state index contributed by atoms with van der Waals surface area (Å²) in [6, 6.07) is 16.4. The molecule has 0 saturated carbocycles. The Labute approximate surface area is 150 Å². The van der Waals surface area contributed by atoms with Gasteiger partial charge in [-0.2, -0.15) is 8.75 Å². The average molecular weight is 346 g/mol. The second-order valence-electron chi connectivity index (χ2n) is 6.27. The molecule has 1 heterocycles. The minimum Gasteiger partial charge on any atom is -0.396 e. The topological polar surface area (TPSA) is 77.8 Å². The highest BCUT2D eigenvalue weighted by molar-refractivity contribution is 7.00. The zero-order valence-corrected chi connectivity index (χ0v) is 14.9. The smallest absolute Gasteiger partial charge is 0.115 e. The first kappa shape index (κ1) is 15.6. The molecule has 0 spiro atoms. The van der Waals surface area contributed by atoms with Crippen molar-refractivity contribution in [2.24, 2.45) is 0 Å². The second-order valence-corrected chi connectivity index (χ2v) is 6.80. The van der Waals surface area contributed by atoms with Gasteiger partial charge in [-0.3, -0.25) is 0 Å². The second kappa shape index (κ2) is 5.86. The number of hydrogen-bond acceptors (Lipinski definition) is 5. The number of nitrogen functional groups attached to an aromatic ring is 2. The minimum absolute atomic E-state index is 0.555. The van der Waals surface area contributed by atoms with E-state index in [0.717, 1.165) is 33.3 Å². The lowest BCUT2D eigenvalue weighted by Gasteiger charge is -2.15. The molecule has 0 saturated heterocycles. The third-order valence-corrected chi connectivity index (χ3v) is 5.00. The van der Waals surface area contributed by atoms with Crippen LogP contribution in [0, 0.1) is 13.8 Å². The molecule has 0 fully saturated rings. The Hall–Kier alpha value is -2.92. The van der Waals surface area contributed by atoms with Crippen molar-refractivity contribution in [1.29, 1.82) is 0 Å². The summed E-state index contributed by atoms with van der Waals surface area (Å²) in [5.74, 6) is 0. The number of aryl methyl sites for hydroxylation is 2. The number of fused-ring (bicyclic) bond motifs is 1. The van der Waals surface area contributed by atoms with E-state index in [1.807, 2.05) is 24.3 Å². The molecule has 0 unspecified atom stereocenters. The Morgan fingerprint density at radius 1 is 0.640 bits per heavy atom. The van der Waals surface area contributed by atoms with Gasteiger partial charge in [0.05, 0.1) is 23.1 Å². The monoisotopic (exact) mass is 346 g/mol. The van der Waals surface area contributed by atoms with Crippen molar-refractivity contribution >= 4 is 34.1 Å². The fourth-order valence-electron chi connectivity index (χ4n) is 3.07. The van der Waals surface area contributed by atoms with Crippen LogP contribution in [-0.2, 0) is 0 Å². The van der Waals surface area contributed by atoms with Crippen molar-refractivity contribution in [3.8, 4) is 22.3 Å². The summed E-state index contributed by atoms with van der Waals surface area (Å²) in [6.45, 7) is 4.12. The highest BCUT2D eigenvalue weighted by Crippen LogP contribution is 2.44. The molecule has 124 valence electrons. The van der Waals surface area contributed by atoms with Crippen molar-refractivity contribution < 1.29 is 0 Å². The summed E-state index contributed by atoms with van der Waals surface area (Å²) >= 11 is 1.18. The summed E-state index contributed by atoms with van der Waals surface area (Å²) in [6.07, 6.45) is 0. The van der Waals surface area contributed by atoms with E-state index < -0.39 is 0 Å². The third kappa shape index (κ3) is 2.53. The van der Waals surface area contributed by atoms with E-state index in [2.05, 4.69) is 46.9 Å². The maximum Gasteiger partial charge on any atom is 0.115 e. The van der Waals surface area contributed by atoms with E-state index in [0.29, 0.717) is 11.4 Å². The lowest BCUT2D eigenvalue weighted by atomic mass is 9.93. The number of benzene rings is 3. The number of nitrogens with zero attached hydrogens (tertiary/aromatic N) is 2. The summed E-state index contributed by atoms with van der Waals surface area (Å²) in [5.41, 5.74) is 21.7. The van der Waals surface area contributed by atoms with Gasteiger partial charge in [-0.15, -0.1) is 0 Å². The molecule has 0 aliphatic heterocycles. The van der Waals surface area contributed by atoms with Crippen LogP contribution in [0.4, 0.5) is 11.4 Å². The molecule has 0 amide bonds. The standard InChI is InChI=1S/C20H18N4S/c1-11-3-7-13(8-4-11)15-17(21)18(22)16(20-19(15)23-25-24-20)14-9-5-12(2)6-10-14/h3-10H,21-22H2,1-2H3. The van der Waals surface area contributed by atoms with Crippen LogP contribution in [0.5, 0.6) is 0 Å². The molecule has 0 aliphatic rings. The van der Waals surface area contributed by atoms with Crippen molar-refractivity contribution in [3.63, 3.8) is 0 Å². The van der Waals surface area contributed by atoms with Crippen LogP contribution < -0.4 is 11.5 Å². The van der Waals surface area contributed by atoms with Gasteiger partial charge in [-0.1, -0.05) is 59.7 Å². The highest BCUT2D eigenvalue weighted by atomic mass is 32.1. The van der Waals surface area contributed by atoms with Crippen molar-refractivity contribution in [3.05, 3.63) is 59.7 Å². The van der Waals surface area contributed by atoms with Crippen molar-refractivity contribution in [2.45, 2.75) is 13.8 Å². The zero-order chi connectivity index (χ0) is 17.6. The summed E-state index contributed by atoms with van der Waals surface area (Å²) in [7, 11) is 0. The molecule has 0 bridgehead atoms. The van der Waals surface area contributed by atoms with Crippen LogP contribution in [0.3, 0.4) is 0 Å². The largest absolute Gasteiger partial charge is 0.396 e. The van der Waals surface area contributed by atoms with Gasteiger partial charge < -0.3 is 11.5 Å². The van der Waals surface area contributed by atoms with E-state index in [1.54, 1.807) is 0 Å². The average Bonchev–Trinajstić information content (AvgIpc) is 3.07. The highest BCUT2D eigenvalue weighted by Gasteiger charge is 2.21. The van der Waals surface area contributed by atoms with E-state index in [9.17, 15) is 0 Å². The van der Waals surface area contributed by atoms with E-state index in [-0.39, 0.29) is 0 Å². The molecular weight excluding hydrogens is 328 g/mol. The first-order valence-electron chi connectivity index (χ1n) is 8.03. The Kier molecular flexibility index (Phi) is 3.66.